The molecule has 0 bridgehead atoms. The summed E-state index contributed by atoms with van der Waals surface area (Å²) in [5.41, 5.74) is 0.468. The maximum atomic E-state index is 12.4. The zero-order valence-corrected chi connectivity index (χ0v) is 14.5. The molecule has 9 heteroatoms. The molecule has 3 rings (SSSR count). The molecule has 27 heavy (non-hydrogen) atoms. The Morgan fingerprint density at radius 2 is 1.93 bits per heavy atom. The average molecular weight is 368 g/mol. The van der Waals surface area contributed by atoms with Crippen LogP contribution in [-0.4, -0.2) is 39.1 Å². The van der Waals surface area contributed by atoms with Gasteiger partial charge in [-0.1, -0.05) is 13.3 Å². The minimum Gasteiger partial charge on any atom is -0.307 e. The van der Waals surface area contributed by atoms with Gasteiger partial charge in [-0.2, -0.15) is 0 Å². The van der Waals surface area contributed by atoms with E-state index in [1.807, 2.05) is 6.92 Å². The standard InChI is InChI=1S/C18H16N4O5/c1-2-3-8-21-17(24)13-6-4-11(9-14(13)18(21)25)16(23)20-15-7-5-12(10-19-15)22(26)27/h4-7,9-10H,2-3,8H2,1H3,(H,19,20,23). The number of benzene rings is 1. The summed E-state index contributed by atoms with van der Waals surface area (Å²) in [6.45, 7) is 2.31. The minimum absolute atomic E-state index is 0.137. The normalized spacial score (nSPS) is 12.9. The van der Waals surface area contributed by atoms with Crippen LogP contribution in [0.5, 0.6) is 0 Å². The van der Waals surface area contributed by atoms with Crippen LogP contribution >= 0.6 is 0 Å². The van der Waals surface area contributed by atoms with Crippen molar-refractivity contribution in [2.24, 2.45) is 0 Å². The van der Waals surface area contributed by atoms with Gasteiger partial charge in [-0.25, -0.2) is 4.98 Å². The van der Waals surface area contributed by atoms with Gasteiger partial charge in [-0.15, -0.1) is 0 Å². The van der Waals surface area contributed by atoms with Crippen LogP contribution in [0.15, 0.2) is 36.5 Å². The Hall–Kier alpha value is -3.62. The smallest absolute Gasteiger partial charge is 0.287 e. The van der Waals surface area contributed by atoms with E-state index in [1.54, 1.807) is 0 Å². The van der Waals surface area contributed by atoms with Gasteiger partial charge in [-0.3, -0.25) is 29.4 Å². The number of fused-ring (bicyclic) bond motifs is 1. The first-order valence-corrected chi connectivity index (χ1v) is 8.34. The van der Waals surface area contributed by atoms with Gasteiger partial charge in [0, 0.05) is 18.2 Å². The fourth-order valence-electron chi connectivity index (χ4n) is 2.71. The lowest BCUT2D eigenvalue weighted by Gasteiger charge is -2.12. The quantitative estimate of drug-likeness (QED) is 0.475. The van der Waals surface area contributed by atoms with E-state index in [4.69, 9.17) is 0 Å². The maximum absolute atomic E-state index is 12.4. The third kappa shape index (κ3) is 3.52. The van der Waals surface area contributed by atoms with Crippen LogP contribution in [-0.2, 0) is 0 Å². The molecule has 0 atom stereocenters. The molecule has 0 spiro atoms. The molecule has 1 N–H and O–H groups in total. The van der Waals surface area contributed by atoms with E-state index in [9.17, 15) is 24.5 Å². The van der Waals surface area contributed by atoms with E-state index in [0.717, 1.165) is 12.6 Å². The number of pyridine rings is 1. The number of nitro groups is 1. The molecule has 0 aliphatic carbocycles. The van der Waals surface area contributed by atoms with Gasteiger partial charge in [0.2, 0.25) is 0 Å². The number of unbranched alkanes of at least 4 members (excludes halogenated alkanes) is 1. The van der Waals surface area contributed by atoms with Gasteiger partial charge in [-0.05, 0) is 30.7 Å². The molecule has 0 saturated heterocycles. The van der Waals surface area contributed by atoms with Crippen LogP contribution in [0.1, 0.15) is 50.8 Å². The van der Waals surface area contributed by atoms with E-state index in [0.29, 0.717) is 13.0 Å². The summed E-state index contributed by atoms with van der Waals surface area (Å²) in [4.78, 5) is 52.2. The molecule has 2 aromatic rings. The Bertz CT molecular complexity index is 939. The Labute approximate surface area is 154 Å². The summed E-state index contributed by atoms with van der Waals surface area (Å²) < 4.78 is 0. The van der Waals surface area contributed by atoms with Crippen molar-refractivity contribution in [3.63, 3.8) is 0 Å². The Morgan fingerprint density at radius 3 is 2.56 bits per heavy atom. The van der Waals surface area contributed by atoms with Crippen molar-refractivity contribution in [3.8, 4) is 0 Å². The van der Waals surface area contributed by atoms with E-state index in [1.165, 1.54) is 35.2 Å². The summed E-state index contributed by atoms with van der Waals surface area (Å²) in [6.07, 6.45) is 2.60. The number of amides is 3. The second kappa shape index (κ2) is 7.32. The predicted octanol–water partition coefficient (Wildman–Crippen LogP) is 2.64. The number of nitrogens with one attached hydrogen (secondary N) is 1. The second-order valence-corrected chi connectivity index (χ2v) is 5.99. The number of rotatable bonds is 6. The highest BCUT2D eigenvalue weighted by Gasteiger charge is 2.35. The first kappa shape index (κ1) is 18.2. The molecule has 0 radical (unpaired) electrons. The number of imide groups is 1. The third-order valence-corrected chi connectivity index (χ3v) is 4.17. The van der Waals surface area contributed by atoms with Gasteiger partial charge < -0.3 is 5.32 Å². The first-order valence-electron chi connectivity index (χ1n) is 8.34. The largest absolute Gasteiger partial charge is 0.307 e. The molecule has 1 aliphatic heterocycles. The zero-order chi connectivity index (χ0) is 19.6. The molecule has 1 aromatic carbocycles. The molecule has 0 fully saturated rings. The lowest BCUT2D eigenvalue weighted by atomic mass is 10.1. The number of hydrogen-bond acceptors (Lipinski definition) is 6. The highest BCUT2D eigenvalue weighted by molar-refractivity contribution is 6.22. The second-order valence-electron chi connectivity index (χ2n) is 5.99. The summed E-state index contributed by atoms with van der Waals surface area (Å²) in [7, 11) is 0. The Kier molecular flexibility index (Phi) is 4.93. The van der Waals surface area contributed by atoms with Gasteiger partial charge >= 0.3 is 0 Å². The Morgan fingerprint density at radius 1 is 1.19 bits per heavy atom. The number of carbonyl (C=O) groups excluding carboxylic acids is 3. The summed E-state index contributed by atoms with van der Waals surface area (Å²) in [6, 6.07) is 6.82. The van der Waals surface area contributed by atoms with Gasteiger partial charge in [0.1, 0.15) is 12.0 Å². The van der Waals surface area contributed by atoms with E-state index in [-0.39, 0.29) is 34.1 Å². The molecule has 3 amide bonds. The number of hydrogen-bond donors (Lipinski definition) is 1. The number of carbonyl (C=O) groups is 3. The van der Waals surface area contributed by atoms with E-state index in [2.05, 4.69) is 10.3 Å². The first-order chi connectivity index (χ1) is 12.9. The molecule has 0 unspecified atom stereocenters. The van der Waals surface area contributed by atoms with Crippen LogP contribution in [0, 0.1) is 10.1 Å². The van der Waals surface area contributed by atoms with E-state index >= 15 is 0 Å². The SMILES string of the molecule is CCCCN1C(=O)c2ccc(C(=O)Nc3ccc([N+](=O)[O-])cn3)cc2C1=O. The van der Waals surface area contributed by atoms with Crippen LogP contribution < -0.4 is 5.32 Å². The third-order valence-electron chi connectivity index (χ3n) is 4.17. The summed E-state index contributed by atoms with van der Waals surface area (Å²) in [5, 5.41) is 13.1. The van der Waals surface area contributed by atoms with Crippen molar-refractivity contribution in [2.75, 3.05) is 11.9 Å². The van der Waals surface area contributed by atoms with Crippen molar-refractivity contribution < 1.29 is 19.3 Å². The van der Waals surface area contributed by atoms with E-state index < -0.39 is 16.7 Å². The molecule has 1 aliphatic rings. The molecule has 0 saturated carbocycles. The van der Waals surface area contributed by atoms with Crippen molar-refractivity contribution in [1.82, 2.24) is 9.88 Å². The molecule has 2 heterocycles. The fourth-order valence-corrected chi connectivity index (χ4v) is 2.71. The van der Waals surface area contributed by atoms with Crippen molar-refractivity contribution in [3.05, 3.63) is 63.3 Å². The van der Waals surface area contributed by atoms with Crippen molar-refractivity contribution in [1.29, 1.82) is 0 Å². The average Bonchev–Trinajstić information content (AvgIpc) is 2.90. The monoisotopic (exact) mass is 368 g/mol. The molecular formula is C18H16N4O5. The highest BCUT2D eigenvalue weighted by Crippen LogP contribution is 2.25. The van der Waals surface area contributed by atoms with Crippen molar-refractivity contribution >= 4 is 29.2 Å². The minimum atomic E-state index is -0.591. The maximum Gasteiger partial charge on any atom is 0.287 e. The van der Waals surface area contributed by atoms with Crippen LogP contribution in [0.3, 0.4) is 0 Å². The summed E-state index contributed by atoms with van der Waals surface area (Å²) in [5.74, 6) is -1.16. The highest BCUT2D eigenvalue weighted by atomic mass is 16.6. The lowest BCUT2D eigenvalue weighted by Crippen LogP contribution is -2.30. The lowest BCUT2D eigenvalue weighted by molar-refractivity contribution is -0.385. The Balaban J connectivity index is 1.78. The topological polar surface area (TPSA) is 123 Å². The van der Waals surface area contributed by atoms with Crippen LogP contribution in [0.4, 0.5) is 11.5 Å². The fraction of sp³-hybridized carbons (Fsp3) is 0.222. The predicted molar refractivity (Wildman–Crippen MR) is 95.6 cm³/mol. The number of nitrogens with zero attached hydrogens (tertiary/aromatic N) is 3. The number of anilines is 1. The molecular weight excluding hydrogens is 352 g/mol. The van der Waals surface area contributed by atoms with Crippen LogP contribution in [0.25, 0.3) is 0 Å². The van der Waals surface area contributed by atoms with Crippen LogP contribution in [0.2, 0.25) is 0 Å². The molecule has 138 valence electrons. The van der Waals surface area contributed by atoms with Gasteiger partial charge in [0.15, 0.2) is 0 Å². The molecule has 1 aromatic heterocycles. The van der Waals surface area contributed by atoms with Crippen molar-refractivity contribution in [2.45, 2.75) is 19.8 Å². The zero-order valence-electron chi connectivity index (χ0n) is 14.5. The molecule has 9 nitrogen and oxygen atoms in total. The van der Waals surface area contributed by atoms with Gasteiger partial charge in [0.25, 0.3) is 23.4 Å². The van der Waals surface area contributed by atoms with Gasteiger partial charge in [0.05, 0.1) is 16.1 Å². The number of aromatic nitrogens is 1. The summed E-state index contributed by atoms with van der Waals surface area (Å²) >= 11 is 0.